The van der Waals surface area contributed by atoms with Gasteiger partial charge in [-0.1, -0.05) is 13.0 Å². The van der Waals surface area contributed by atoms with E-state index in [2.05, 4.69) is 10.6 Å². The fraction of sp³-hybridized carbons (Fsp3) is 0.467. The summed E-state index contributed by atoms with van der Waals surface area (Å²) in [4.78, 5) is 22.3. The van der Waals surface area contributed by atoms with Crippen molar-refractivity contribution in [2.24, 2.45) is 5.92 Å². The average molecular weight is 296 g/mol. The molecule has 1 unspecified atom stereocenters. The third kappa shape index (κ3) is 5.81. The van der Waals surface area contributed by atoms with Crippen LogP contribution in [0.5, 0.6) is 0 Å². The molecule has 0 aliphatic heterocycles. The molecule has 0 aliphatic rings. The molecule has 1 atom stereocenters. The summed E-state index contributed by atoms with van der Waals surface area (Å²) >= 11 is 0. The summed E-state index contributed by atoms with van der Waals surface area (Å²) in [6.07, 6.45) is 1.06. The molecular weight excluding hydrogens is 275 g/mol. The van der Waals surface area contributed by atoms with E-state index in [4.69, 9.17) is 5.11 Å². The Morgan fingerprint density at radius 1 is 1.33 bits per heavy atom. The molecule has 0 aliphatic carbocycles. The Kier molecular flexibility index (Phi) is 6.65. The van der Waals surface area contributed by atoms with Gasteiger partial charge in [0.15, 0.2) is 0 Å². The van der Waals surface area contributed by atoms with E-state index in [0.29, 0.717) is 19.4 Å². The zero-order chi connectivity index (χ0) is 15.8. The van der Waals surface area contributed by atoms with Gasteiger partial charge in [-0.05, 0) is 43.0 Å². The molecule has 0 fully saturated rings. The number of carbonyl (C=O) groups excluding carboxylic acids is 1. The minimum absolute atomic E-state index is 0.104. The Labute approximate surface area is 123 Å². The molecule has 5 nitrogen and oxygen atoms in total. The number of benzene rings is 1. The SMILES string of the molecule is CCC(CNC(=O)NCCc1ccc(F)cc1C)C(=O)O. The van der Waals surface area contributed by atoms with Gasteiger partial charge in [0.1, 0.15) is 5.82 Å². The molecule has 0 saturated heterocycles. The third-order valence-corrected chi connectivity index (χ3v) is 3.34. The second-order valence-electron chi connectivity index (χ2n) is 4.90. The highest BCUT2D eigenvalue weighted by Crippen LogP contribution is 2.10. The number of carboxylic acids is 1. The van der Waals surface area contributed by atoms with Gasteiger partial charge in [-0.15, -0.1) is 0 Å². The Balaban J connectivity index is 2.32. The number of urea groups is 1. The molecule has 0 radical (unpaired) electrons. The zero-order valence-corrected chi connectivity index (χ0v) is 12.3. The smallest absolute Gasteiger partial charge is 0.314 e. The molecule has 3 N–H and O–H groups in total. The van der Waals surface area contributed by atoms with E-state index < -0.39 is 17.9 Å². The maximum Gasteiger partial charge on any atom is 0.314 e. The van der Waals surface area contributed by atoms with Crippen LogP contribution in [0.25, 0.3) is 0 Å². The zero-order valence-electron chi connectivity index (χ0n) is 12.3. The molecule has 0 heterocycles. The van der Waals surface area contributed by atoms with Crippen LogP contribution in [0.15, 0.2) is 18.2 Å². The number of nitrogens with one attached hydrogen (secondary N) is 2. The van der Waals surface area contributed by atoms with Gasteiger partial charge >= 0.3 is 12.0 Å². The monoisotopic (exact) mass is 296 g/mol. The highest BCUT2D eigenvalue weighted by molar-refractivity contribution is 5.75. The van der Waals surface area contributed by atoms with Crippen molar-refractivity contribution in [2.75, 3.05) is 13.1 Å². The Morgan fingerprint density at radius 2 is 2.05 bits per heavy atom. The van der Waals surface area contributed by atoms with E-state index in [1.807, 2.05) is 6.92 Å². The van der Waals surface area contributed by atoms with Crippen molar-refractivity contribution in [1.82, 2.24) is 10.6 Å². The van der Waals surface area contributed by atoms with Crippen molar-refractivity contribution >= 4 is 12.0 Å². The van der Waals surface area contributed by atoms with Crippen LogP contribution in [0, 0.1) is 18.7 Å². The summed E-state index contributed by atoms with van der Waals surface area (Å²) in [5.41, 5.74) is 1.81. The fourth-order valence-corrected chi connectivity index (χ4v) is 1.94. The van der Waals surface area contributed by atoms with Gasteiger partial charge in [-0.2, -0.15) is 0 Å². The minimum atomic E-state index is -0.917. The fourth-order valence-electron chi connectivity index (χ4n) is 1.94. The van der Waals surface area contributed by atoms with E-state index in [0.717, 1.165) is 11.1 Å². The normalized spacial score (nSPS) is 11.8. The van der Waals surface area contributed by atoms with Crippen molar-refractivity contribution in [1.29, 1.82) is 0 Å². The van der Waals surface area contributed by atoms with Gasteiger partial charge in [0.25, 0.3) is 0 Å². The third-order valence-electron chi connectivity index (χ3n) is 3.34. The molecule has 1 aromatic carbocycles. The lowest BCUT2D eigenvalue weighted by Gasteiger charge is -2.12. The van der Waals surface area contributed by atoms with Crippen LogP contribution in [-0.2, 0) is 11.2 Å². The summed E-state index contributed by atoms with van der Waals surface area (Å²) in [7, 11) is 0. The number of aryl methyl sites for hydroxylation is 1. The van der Waals surface area contributed by atoms with E-state index in [-0.39, 0.29) is 12.4 Å². The maximum atomic E-state index is 12.9. The molecule has 0 aromatic heterocycles. The lowest BCUT2D eigenvalue weighted by atomic mass is 10.1. The summed E-state index contributed by atoms with van der Waals surface area (Å²) in [6, 6.07) is 4.14. The van der Waals surface area contributed by atoms with Crippen LogP contribution in [0.2, 0.25) is 0 Å². The molecule has 2 amide bonds. The minimum Gasteiger partial charge on any atom is -0.481 e. The molecule has 6 heteroatoms. The van der Waals surface area contributed by atoms with E-state index in [9.17, 15) is 14.0 Å². The van der Waals surface area contributed by atoms with Crippen molar-refractivity contribution < 1.29 is 19.1 Å². The standard InChI is InChI=1S/C15H21FN2O3/c1-3-11(14(19)20)9-18-15(21)17-7-6-12-4-5-13(16)8-10(12)2/h4-5,8,11H,3,6-7,9H2,1-2H3,(H,19,20)(H2,17,18,21). The first-order chi connectivity index (χ1) is 9.93. The van der Waals surface area contributed by atoms with Gasteiger partial charge in [-0.25, -0.2) is 9.18 Å². The predicted molar refractivity (Wildman–Crippen MR) is 77.7 cm³/mol. The molecule has 1 aromatic rings. The molecule has 0 saturated carbocycles. The lowest BCUT2D eigenvalue weighted by molar-refractivity contribution is -0.141. The van der Waals surface area contributed by atoms with Gasteiger partial charge in [0.2, 0.25) is 0 Å². The van der Waals surface area contributed by atoms with Crippen LogP contribution in [0.1, 0.15) is 24.5 Å². The van der Waals surface area contributed by atoms with E-state index >= 15 is 0 Å². The first-order valence-corrected chi connectivity index (χ1v) is 6.93. The second kappa shape index (κ2) is 8.24. The average Bonchev–Trinajstić information content (AvgIpc) is 2.41. The predicted octanol–water partition coefficient (Wildman–Crippen LogP) is 2.09. The number of carboxylic acid groups (broad SMARTS) is 1. The quantitative estimate of drug-likeness (QED) is 0.721. The summed E-state index contributed by atoms with van der Waals surface area (Å²) in [5.74, 6) is -1.77. The molecular formula is C15H21FN2O3. The number of hydrogen-bond donors (Lipinski definition) is 3. The molecule has 1 rings (SSSR count). The number of hydrogen-bond acceptors (Lipinski definition) is 2. The Bertz CT molecular complexity index is 506. The lowest BCUT2D eigenvalue weighted by Crippen LogP contribution is -2.40. The number of amides is 2. The second-order valence-corrected chi connectivity index (χ2v) is 4.90. The van der Waals surface area contributed by atoms with E-state index in [1.54, 1.807) is 13.0 Å². The summed E-state index contributed by atoms with van der Waals surface area (Å²) < 4.78 is 12.9. The van der Waals surface area contributed by atoms with Crippen molar-refractivity contribution in [3.8, 4) is 0 Å². The van der Waals surface area contributed by atoms with Gasteiger partial charge in [-0.3, -0.25) is 4.79 Å². The number of aliphatic carboxylic acids is 1. The Morgan fingerprint density at radius 3 is 2.62 bits per heavy atom. The topological polar surface area (TPSA) is 78.4 Å². The van der Waals surface area contributed by atoms with Crippen LogP contribution < -0.4 is 10.6 Å². The van der Waals surface area contributed by atoms with Gasteiger partial charge in [0.05, 0.1) is 5.92 Å². The van der Waals surface area contributed by atoms with Crippen LogP contribution >= 0.6 is 0 Å². The molecule has 0 bridgehead atoms. The largest absolute Gasteiger partial charge is 0.481 e. The van der Waals surface area contributed by atoms with Crippen LogP contribution in [0.4, 0.5) is 9.18 Å². The summed E-state index contributed by atoms with van der Waals surface area (Å²) in [5, 5.41) is 14.1. The van der Waals surface area contributed by atoms with Crippen molar-refractivity contribution in [3.63, 3.8) is 0 Å². The maximum absolute atomic E-state index is 12.9. The summed E-state index contributed by atoms with van der Waals surface area (Å²) in [6.45, 7) is 4.09. The highest BCUT2D eigenvalue weighted by atomic mass is 19.1. The van der Waals surface area contributed by atoms with E-state index in [1.165, 1.54) is 12.1 Å². The first kappa shape index (κ1) is 16.9. The van der Waals surface area contributed by atoms with Gasteiger partial charge in [0, 0.05) is 13.1 Å². The number of halogens is 1. The van der Waals surface area contributed by atoms with Crippen molar-refractivity contribution in [3.05, 3.63) is 35.1 Å². The first-order valence-electron chi connectivity index (χ1n) is 6.93. The highest BCUT2D eigenvalue weighted by Gasteiger charge is 2.15. The molecule has 21 heavy (non-hydrogen) atoms. The number of rotatable bonds is 7. The van der Waals surface area contributed by atoms with Gasteiger partial charge < -0.3 is 15.7 Å². The molecule has 0 spiro atoms. The van der Waals surface area contributed by atoms with Crippen molar-refractivity contribution in [2.45, 2.75) is 26.7 Å². The van der Waals surface area contributed by atoms with Crippen LogP contribution in [-0.4, -0.2) is 30.2 Å². The van der Waals surface area contributed by atoms with Crippen LogP contribution in [0.3, 0.4) is 0 Å². The molecule has 116 valence electrons. The Hall–Kier alpha value is -2.11. The number of carbonyl (C=O) groups is 2.